The van der Waals surface area contributed by atoms with Gasteiger partial charge >= 0.3 is 11.9 Å². The van der Waals surface area contributed by atoms with Crippen LogP contribution in [0.4, 0.5) is 8.78 Å². The van der Waals surface area contributed by atoms with Crippen LogP contribution in [0.2, 0.25) is 0 Å². The van der Waals surface area contributed by atoms with Gasteiger partial charge in [0.2, 0.25) is 0 Å². The number of rotatable bonds is 7. The number of hydrogen-bond donors (Lipinski definition) is 2. The molecule has 1 aliphatic rings. The second-order valence-electron chi connectivity index (χ2n) is 4.74. The van der Waals surface area contributed by atoms with Gasteiger partial charge < -0.3 is 15.2 Å². The molecule has 0 bridgehead atoms. The molecule has 1 fully saturated rings. The minimum absolute atomic E-state index is 0.151. The second kappa shape index (κ2) is 6.43. The molecule has 0 saturated carbocycles. The van der Waals surface area contributed by atoms with Crippen molar-refractivity contribution in [2.45, 2.75) is 51.2 Å². The van der Waals surface area contributed by atoms with Crippen molar-refractivity contribution in [2.24, 2.45) is 5.92 Å². The molecular formula is C12H21F2NO3. The number of ether oxygens (including phenoxy) is 1. The lowest BCUT2D eigenvalue weighted by Gasteiger charge is -2.21. The standard InChI is InChI=1S/C12H21F2NO3/c1-3-8(4-2)10(16)7-15-6-9-5-12(13,14)11(17)18-9/h8-10,15-16H,3-7H2,1-2H3. The molecule has 6 heteroatoms. The molecule has 0 aromatic carbocycles. The van der Waals surface area contributed by atoms with Crippen molar-refractivity contribution >= 4 is 5.97 Å². The molecule has 2 unspecified atom stereocenters. The fourth-order valence-corrected chi connectivity index (χ4v) is 2.15. The Kier molecular flexibility index (Phi) is 5.47. The Hall–Kier alpha value is -0.750. The monoisotopic (exact) mass is 265 g/mol. The van der Waals surface area contributed by atoms with Gasteiger partial charge in [-0.25, -0.2) is 4.79 Å². The fourth-order valence-electron chi connectivity index (χ4n) is 2.15. The highest BCUT2D eigenvalue weighted by Gasteiger charge is 2.50. The van der Waals surface area contributed by atoms with E-state index in [1.54, 1.807) is 0 Å². The van der Waals surface area contributed by atoms with Crippen LogP contribution in [0.5, 0.6) is 0 Å². The molecule has 1 saturated heterocycles. The van der Waals surface area contributed by atoms with E-state index in [-0.39, 0.29) is 12.5 Å². The summed E-state index contributed by atoms with van der Waals surface area (Å²) in [6, 6.07) is 0. The Bertz CT molecular complexity index is 282. The molecule has 0 aromatic heterocycles. The van der Waals surface area contributed by atoms with Crippen LogP contribution in [0.1, 0.15) is 33.1 Å². The molecule has 18 heavy (non-hydrogen) atoms. The summed E-state index contributed by atoms with van der Waals surface area (Å²) in [7, 11) is 0. The highest BCUT2D eigenvalue weighted by atomic mass is 19.3. The van der Waals surface area contributed by atoms with Gasteiger partial charge in [0, 0.05) is 13.1 Å². The largest absolute Gasteiger partial charge is 0.456 e. The third-order valence-electron chi connectivity index (χ3n) is 3.37. The zero-order valence-electron chi connectivity index (χ0n) is 10.8. The number of aliphatic hydroxyl groups excluding tert-OH is 1. The molecule has 0 aliphatic carbocycles. The Balaban J connectivity index is 2.25. The van der Waals surface area contributed by atoms with E-state index in [2.05, 4.69) is 10.1 Å². The fraction of sp³-hybridized carbons (Fsp3) is 0.917. The Morgan fingerprint density at radius 3 is 2.56 bits per heavy atom. The molecule has 0 amide bonds. The molecule has 106 valence electrons. The van der Waals surface area contributed by atoms with E-state index in [0.717, 1.165) is 12.8 Å². The summed E-state index contributed by atoms with van der Waals surface area (Å²) in [6.45, 7) is 4.47. The lowest BCUT2D eigenvalue weighted by atomic mass is 9.96. The number of aliphatic hydroxyl groups is 1. The maximum atomic E-state index is 12.9. The molecule has 4 nitrogen and oxygen atoms in total. The first-order chi connectivity index (χ1) is 8.40. The summed E-state index contributed by atoms with van der Waals surface area (Å²) in [6.07, 6.45) is -0.148. The Morgan fingerprint density at radius 2 is 2.11 bits per heavy atom. The number of nitrogens with one attached hydrogen (secondary N) is 1. The van der Waals surface area contributed by atoms with E-state index in [9.17, 15) is 18.7 Å². The SMILES string of the molecule is CCC(CC)C(O)CNCC1CC(F)(F)C(=O)O1. The van der Waals surface area contributed by atoms with Gasteiger partial charge in [0.1, 0.15) is 6.10 Å². The van der Waals surface area contributed by atoms with Gasteiger partial charge in [-0.1, -0.05) is 26.7 Å². The first-order valence-corrected chi connectivity index (χ1v) is 6.38. The van der Waals surface area contributed by atoms with Gasteiger partial charge in [0.05, 0.1) is 12.5 Å². The molecule has 0 radical (unpaired) electrons. The van der Waals surface area contributed by atoms with E-state index in [1.165, 1.54) is 0 Å². The number of alkyl halides is 2. The van der Waals surface area contributed by atoms with Crippen LogP contribution in [0.15, 0.2) is 0 Å². The Labute approximate surface area is 106 Å². The number of esters is 1. The smallest absolute Gasteiger partial charge is 0.377 e. The van der Waals surface area contributed by atoms with Crippen molar-refractivity contribution < 1.29 is 23.4 Å². The van der Waals surface area contributed by atoms with Gasteiger partial charge in [0.25, 0.3) is 0 Å². The Morgan fingerprint density at radius 1 is 1.50 bits per heavy atom. The van der Waals surface area contributed by atoms with Gasteiger partial charge in [-0.2, -0.15) is 8.78 Å². The van der Waals surface area contributed by atoms with E-state index >= 15 is 0 Å². The topological polar surface area (TPSA) is 58.6 Å². The number of cyclic esters (lactones) is 1. The minimum atomic E-state index is -3.36. The van der Waals surface area contributed by atoms with Crippen molar-refractivity contribution in [3.05, 3.63) is 0 Å². The number of carbonyl (C=O) groups is 1. The maximum Gasteiger partial charge on any atom is 0.377 e. The van der Waals surface area contributed by atoms with Gasteiger partial charge in [0.15, 0.2) is 0 Å². The highest BCUT2D eigenvalue weighted by molar-refractivity contribution is 5.79. The first kappa shape index (κ1) is 15.3. The van der Waals surface area contributed by atoms with Crippen LogP contribution in [0.3, 0.4) is 0 Å². The lowest BCUT2D eigenvalue weighted by molar-refractivity contribution is -0.159. The molecule has 0 aromatic rings. The molecule has 1 heterocycles. The van der Waals surface area contributed by atoms with Crippen molar-refractivity contribution in [3.63, 3.8) is 0 Å². The summed E-state index contributed by atoms with van der Waals surface area (Å²) in [4.78, 5) is 10.8. The zero-order valence-corrected chi connectivity index (χ0v) is 10.8. The molecule has 2 atom stereocenters. The minimum Gasteiger partial charge on any atom is -0.456 e. The quantitative estimate of drug-likeness (QED) is 0.682. The average molecular weight is 265 g/mol. The van der Waals surface area contributed by atoms with Crippen LogP contribution in [0.25, 0.3) is 0 Å². The number of carbonyl (C=O) groups excluding carboxylic acids is 1. The average Bonchev–Trinajstić information content (AvgIpc) is 2.54. The second-order valence-corrected chi connectivity index (χ2v) is 4.74. The molecule has 1 aliphatic heterocycles. The number of hydrogen-bond acceptors (Lipinski definition) is 4. The summed E-state index contributed by atoms with van der Waals surface area (Å²) >= 11 is 0. The molecular weight excluding hydrogens is 244 g/mol. The first-order valence-electron chi connectivity index (χ1n) is 6.38. The van der Waals surface area contributed by atoms with E-state index < -0.39 is 30.5 Å². The summed E-state index contributed by atoms with van der Waals surface area (Å²) in [5, 5.41) is 12.7. The predicted octanol–water partition coefficient (Wildman–Crippen LogP) is 1.32. The van der Waals surface area contributed by atoms with Gasteiger partial charge in [-0.15, -0.1) is 0 Å². The third-order valence-corrected chi connectivity index (χ3v) is 3.37. The van der Waals surface area contributed by atoms with E-state index in [0.29, 0.717) is 6.54 Å². The highest BCUT2D eigenvalue weighted by Crippen LogP contribution is 2.30. The lowest BCUT2D eigenvalue weighted by Crippen LogP contribution is -2.36. The van der Waals surface area contributed by atoms with E-state index in [4.69, 9.17) is 0 Å². The summed E-state index contributed by atoms with van der Waals surface area (Å²) in [5.41, 5.74) is 0. The van der Waals surface area contributed by atoms with Crippen LogP contribution < -0.4 is 5.32 Å². The van der Waals surface area contributed by atoms with E-state index in [1.807, 2.05) is 13.8 Å². The summed E-state index contributed by atoms with van der Waals surface area (Å²) in [5.74, 6) is -4.61. The maximum absolute atomic E-state index is 12.9. The van der Waals surface area contributed by atoms with Gasteiger partial charge in [-0.3, -0.25) is 0 Å². The van der Waals surface area contributed by atoms with Crippen molar-refractivity contribution in [2.75, 3.05) is 13.1 Å². The van der Waals surface area contributed by atoms with Gasteiger partial charge in [-0.05, 0) is 5.92 Å². The summed E-state index contributed by atoms with van der Waals surface area (Å²) < 4.78 is 30.3. The van der Waals surface area contributed by atoms with Crippen LogP contribution in [0, 0.1) is 5.92 Å². The zero-order chi connectivity index (χ0) is 13.8. The van der Waals surface area contributed by atoms with Crippen LogP contribution >= 0.6 is 0 Å². The number of halogens is 2. The molecule has 0 spiro atoms. The predicted molar refractivity (Wildman–Crippen MR) is 62.4 cm³/mol. The van der Waals surface area contributed by atoms with Crippen molar-refractivity contribution in [3.8, 4) is 0 Å². The van der Waals surface area contributed by atoms with Crippen LogP contribution in [-0.2, 0) is 9.53 Å². The van der Waals surface area contributed by atoms with Crippen molar-refractivity contribution in [1.29, 1.82) is 0 Å². The molecule has 1 rings (SSSR count). The molecule has 2 N–H and O–H groups in total. The normalized spacial score (nSPS) is 24.3. The third kappa shape index (κ3) is 3.88. The van der Waals surface area contributed by atoms with Crippen LogP contribution in [-0.4, -0.2) is 42.3 Å². The van der Waals surface area contributed by atoms with Crippen molar-refractivity contribution in [1.82, 2.24) is 5.32 Å².